The van der Waals surface area contributed by atoms with Gasteiger partial charge in [0.15, 0.2) is 0 Å². The van der Waals surface area contributed by atoms with Crippen molar-refractivity contribution >= 4 is 17.8 Å². The number of halogens is 2. The highest BCUT2D eigenvalue weighted by atomic mass is 19.1. The smallest absolute Gasteiger partial charge is 0.133 e. The summed E-state index contributed by atoms with van der Waals surface area (Å²) in [5.74, 6) is -1.20. The molecule has 2 aromatic carbocycles. The molecule has 104 valence electrons. The molecule has 0 atom stereocenters. The van der Waals surface area contributed by atoms with E-state index in [1.54, 1.807) is 30.3 Å². The highest BCUT2D eigenvalue weighted by molar-refractivity contribution is 5.70. The molecule has 0 saturated heterocycles. The summed E-state index contributed by atoms with van der Waals surface area (Å²) in [4.78, 5) is 0. The highest BCUT2D eigenvalue weighted by Gasteiger charge is 2.07. The van der Waals surface area contributed by atoms with Crippen molar-refractivity contribution in [2.24, 2.45) is 0 Å². The molecule has 0 amide bonds. The molecule has 2 nitrogen and oxygen atoms in total. The van der Waals surface area contributed by atoms with Crippen molar-refractivity contribution in [3.05, 3.63) is 70.4 Å². The third kappa shape index (κ3) is 3.29. The Hall–Kier alpha value is -2.04. The fourth-order valence-electron chi connectivity index (χ4n) is 1.79. The summed E-state index contributed by atoms with van der Waals surface area (Å²) in [5.41, 5.74) is 1.31. The van der Waals surface area contributed by atoms with E-state index < -0.39 is 16.3 Å². The quantitative estimate of drug-likeness (QED) is 0.467. The second-order valence-electron chi connectivity index (χ2n) is 4.91. The number of quaternary nitrogens is 1. The van der Waals surface area contributed by atoms with E-state index in [0.717, 1.165) is 5.56 Å². The van der Waals surface area contributed by atoms with E-state index in [1.165, 1.54) is 38.4 Å². The van der Waals surface area contributed by atoms with Crippen LogP contribution < -0.4 is 4.65 Å². The predicted octanol–water partition coefficient (Wildman–Crippen LogP) is 4.20. The normalized spacial score (nSPS) is 12.1. The zero-order valence-corrected chi connectivity index (χ0v) is 11.3. The van der Waals surface area contributed by atoms with Crippen LogP contribution in [0.15, 0.2) is 42.5 Å². The highest BCUT2D eigenvalue weighted by Crippen LogP contribution is 2.20. The topological polar surface area (TPSA) is 23.1 Å². The van der Waals surface area contributed by atoms with E-state index in [2.05, 4.69) is 0 Å². The summed E-state index contributed by atoms with van der Waals surface area (Å²) >= 11 is 0. The average Bonchev–Trinajstić information content (AvgIpc) is 2.37. The van der Waals surface area contributed by atoms with Gasteiger partial charge in [-0.3, -0.25) is 0 Å². The summed E-state index contributed by atoms with van der Waals surface area (Å²) in [6.07, 6.45) is 2.99. The molecule has 4 heteroatoms. The van der Waals surface area contributed by atoms with Gasteiger partial charge in [0.1, 0.15) is 17.3 Å². The van der Waals surface area contributed by atoms with E-state index in [9.17, 15) is 14.0 Å². The Labute approximate surface area is 116 Å². The molecule has 0 bridgehead atoms. The Balaban J connectivity index is 2.24. The summed E-state index contributed by atoms with van der Waals surface area (Å²) in [7, 11) is 3.05. The lowest BCUT2D eigenvalue weighted by Crippen LogP contribution is -2.32. The number of benzene rings is 2. The Kier molecular flexibility index (Phi) is 3.97. The molecule has 0 fully saturated rings. The van der Waals surface area contributed by atoms with Crippen LogP contribution in [0.25, 0.3) is 12.2 Å². The van der Waals surface area contributed by atoms with E-state index in [1.807, 2.05) is 0 Å². The van der Waals surface area contributed by atoms with Crippen LogP contribution >= 0.6 is 0 Å². The van der Waals surface area contributed by atoms with Crippen LogP contribution in [-0.4, -0.2) is 14.1 Å². The molecule has 0 aliphatic heterocycles. The third-order valence-corrected chi connectivity index (χ3v) is 2.96. The van der Waals surface area contributed by atoms with Gasteiger partial charge in [-0.25, -0.2) is 8.78 Å². The Morgan fingerprint density at radius 3 is 1.95 bits per heavy atom. The molecule has 0 aliphatic carbocycles. The summed E-state index contributed by atoms with van der Waals surface area (Å²) in [6.45, 7) is 0. The first-order chi connectivity index (χ1) is 9.38. The predicted molar refractivity (Wildman–Crippen MR) is 78.7 cm³/mol. The van der Waals surface area contributed by atoms with Gasteiger partial charge in [0, 0.05) is 5.56 Å². The summed E-state index contributed by atoms with van der Waals surface area (Å²) in [6, 6.07) is 10.6. The number of hydrogen-bond acceptors (Lipinski definition) is 1. The standard InChI is InChI=1S/C16H15F2NO/c1-19(2,20)13-9-6-12(7-10-13)8-11-14-15(17)4-3-5-16(14)18/h3-11H,1-2H3/b11-8+. The van der Waals surface area contributed by atoms with Gasteiger partial charge in [-0.1, -0.05) is 12.1 Å². The van der Waals surface area contributed by atoms with Crippen molar-refractivity contribution in [1.29, 1.82) is 0 Å². The van der Waals surface area contributed by atoms with Gasteiger partial charge in [-0.15, -0.1) is 0 Å². The molecule has 20 heavy (non-hydrogen) atoms. The molecule has 0 saturated carbocycles. The molecule has 0 radical (unpaired) electrons. The number of nitrogens with zero attached hydrogens (tertiary/aromatic N) is 1. The maximum absolute atomic E-state index is 13.4. The van der Waals surface area contributed by atoms with Crippen LogP contribution in [0.1, 0.15) is 11.1 Å². The second kappa shape index (κ2) is 5.53. The first-order valence-corrected chi connectivity index (χ1v) is 6.15. The number of hydroxylamine groups is 2. The van der Waals surface area contributed by atoms with Crippen molar-refractivity contribution in [2.75, 3.05) is 14.1 Å². The molecule has 0 aromatic heterocycles. The molecule has 0 N–H and O–H groups in total. The first-order valence-electron chi connectivity index (χ1n) is 6.15. The van der Waals surface area contributed by atoms with Gasteiger partial charge >= 0.3 is 0 Å². The Bertz CT molecular complexity index is 608. The zero-order chi connectivity index (χ0) is 14.8. The van der Waals surface area contributed by atoms with Crippen LogP contribution in [-0.2, 0) is 0 Å². The van der Waals surface area contributed by atoms with Gasteiger partial charge in [-0.2, -0.15) is 0 Å². The fraction of sp³-hybridized carbons (Fsp3) is 0.125. The molecular formula is C16H15F2NO. The van der Waals surface area contributed by atoms with Crippen molar-refractivity contribution in [1.82, 2.24) is 4.65 Å². The lowest BCUT2D eigenvalue weighted by molar-refractivity contribution is 0.543. The van der Waals surface area contributed by atoms with Gasteiger partial charge in [0.2, 0.25) is 0 Å². The number of rotatable bonds is 3. The molecule has 2 rings (SSSR count). The molecule has 0 spiro atoms. The largest absolute Gasteiger partial charge is 0.628 e. The minimum Gasteiger partial charge on any atom is -0.628 e. The summed E-state index contributed by atoms with van der Waals surface area (Å²) in [5, 5.41) is 11.7. The van der Waals surface area contributed by atoms with Crippen molar-refractivity contribution in [3.63, 3.8) is 0 Å². The van der Waals surface area contributed by atoms with Crippen LogP contribution in [0.5, 0.6) is 0 Å². The maximum atomic E-state index is 13.4. The minimum atomic E-state index is -0.602. The van der Waals surface area contributed by atoms with Crippen LogP contribution in [0.2, 0.25) is 0 Å². The number of hydrogen-bond donors (Lipinski definition) is 0. The van der Waals surface area contributed by atoms with Gasteiger partial charge in [0.05, 0.1) is 14.1 Å². The Morgan fingerprint density at radius 1 is 0.900 bits per heavy atom. The lowest BCUT2D eigenvalue weighted by Gasteiger charge is -2.33. The van der Waals surface area contributed by atoms with Crippen LogP contribution in [0, 0.1) is 16.8 Å². The van der Waals surface area contributed by atoms with Crippen LogP contribution in [0.4, 0.5) is 14.5 Å². The minimum absolute atomic E-state index is 0.0727. The molecule has 2 aromatic rings. The van der Waals surface area contributed by atoms with Crippen LogP contribution in [0.3, 0.4) is 0 Å². The molecular weight excluding hydrogens is 260 g/mol. The molecule has 0 heterocycles. The van der Waals surface area contributed by atoms with E-state index in [0.29, 0.717) is 5.69 Å². The van der Waals surface area contributed by atoms with Gasteiger partial charge in [0.25, 0.3) is 0 Å². The van der Waals surface area contributed by atoms with E-state index >= 15 is 0 Å². The lowest BCUT2D eigenvalue weighted by atomic mass is 10.1. The van der Waals surface area contributed by atoms with Crippen molar-refractivity contribution in [3.8, 4) is 0 Å². The van der Waals surface area contributed by atoms with E-state index in [4.69, 9.17) is 0 Å². The Morgan fingerprint density at radius 2 is 1.45 bits per heavy atom. The second-order valence-corrected chi connectivity index (χ2v) is 4.91. The fourth-order valence-corrected chi connectivity index (χ4v) is 1.79. The first kappa shape index (κ1) is 14.4. The molecule has 0 unspecified atom stereocenters. The SMILES string of the molecule is C[N+](C)([O-])c1ccc(/C=C/c2c(F)cccc2F)cc1. The third-order valence-electron chi connectivity index (χ3n) is 2.96. The average molecular weight is 275 g/mol. The zero-order valence-electron chi connectivity index (χ0n) is 11.3. The van der Waals surface area contributed by atoms with Gasteiger partial charge < -0.3 is 9.85 Å². The van der Waals surface area contributed by atoms with E-state index in [-0.39, 0.29) is 5.56 Å². The van der Waals surface area contributed by atoms with Gasteiger partial charge in [-0.05, 0) is 48.0 Å². The maximum Gasteiger partial charge on any atom is 0.133 e. The monoisotopic (exact) mass is 275 g/mol. The molecule has 0 aliphatic rings. The van der Waals surface area contributed by atoms with Crippen molar-refractivity contribution < 1.29 is 8.78 Å². The summed E-state index contributed by atoms with van der Waals surface area (Å²) < 4.78 is 26.4. The van der Waals surface area contributed by atoms with Crippen molar-refractivity contribution in [2.45, 2.75) is 0 Å².